The number of hydrogen-bond donors (Lipinski definition) is 1. The van der Waals surface area contributed by atoms with Gasteiger partial charge in [0.05, 0.1) is 18.3 Å². The van der Waals surface area contributed by atoms with E-state index in [2.05, 4.69) is 30.9 Å². The van der Waals surface area contributed by atoms with Crippen molar-refractivity contribution < 1.29 is 14.3 Å². The Morgan fingerprint density at radius 2 is 1.68 bits per heavy atom. The number of esters is 1. The quantitative estimate of drug-likeness (QED) is 0.148. The molecule has 5 rings (SSSR count). The van der Waals surface area contributed by atoms with E-state index in [1.807, 2.05) is 42.5 Å². The van der Waals surface area contributed by atoms with Crippen LogP contribution in [0.15, 0.2) is 108 Å². The van der Waals surface area contributed by atoms with Gasteiger partial charge in [0.1, 0.15) is 5.75 Å². The highest BCUT2D eigenvalue weighted by atomic mass is 16.5. The smallest absolute Gasteiger partial charge is 0.345 e. The number of hydrazone groups is 1. The van der Waals surface area contributed by atoms with E-state index in [-0.39, 0.29) is 5.91 Å². The van der Waals surface area contributed by atoms with Crippen molar-refractivity contribution in [1.82, 2.24) is 30.6 Å². The highest BCUT2D eigenvalue weighted by Gasteiger charge is 2.09. The lowest BCUT2D eigenvalue weighted by Crippen LogP contribution is -2.17. The fraction of sp³-hybridized carbons (Fsp3) is 0.0357. The van der Waals surface area contributed by atoms with Crippen molar-refractivity contribution in [2.45, 2.75) is 6.54 Å². The van der Waals surface area contributed by atoms with Crippen LogP contribution in [0.2, 0.25) is 0 Å². The van der Waals surface area contributed by atoms with Crippen LogP contribution in [0.25, 0.3) is 11.4 Å². The molecule has 186 valence electrons. The minimum absolute atomic E-state index is 0.347. The number of pyridine rings is 1. The van der Waals surface area contributed by atoms with Crippen molar-refractivity contribution in [3.8, 4) is 17.1 Å². The average Bonchev–Trinajstić information content (AvgIpc) is 3.44. The molecule has 0 radical (unpaired) electrons. The molecule has 10 heteroatoms. The largest absolute Gasteiger partial charge is 0.423 e. The number of carbonyl (C=O) groups excluding carboxylic acids is 2. The van der Waals surface area contributed by atoms with Crippen LogP contribution < -0.4 is 10.2 Å². The molecule has 2 heterocycles. The molecule has 0 aliphatic rings. The predicted octanol–water partition coefficient (Wildman–Crippen LogP) is 3.77. The predicted molar refractivity (Wildman–Crippen MR) is 139 cm³/mol. The minimum atomic E-state index is -0.493. The molecule has 0 unspecified atom stereocenters. The van der Waals surface area contributed by atoms with Crippen molar-refractivity contribution in [2.75, 3.05) is 0 Å². The summed E-state index contributed by atoms with van der Waals surface area (Å²) < 4.78 is 5.32. The monoisotopic (exact) mass is 503 g/mol. The Labute approximate surface area is 217 Å². The van der Waals surface area contributed by atoms with Gasteiger partial charge in [0, 0.05) is 23.5 Å². The van der Waals surface area contributed by atoms with Crippen LogP contribution >= 0.6 is 0 Å². The fourth-order valence-corrected chi connectivity index (χ4v) is 3.44. The number of tetrazole rings is 1. The van der Waals surface area contributed by atoms with Gasteiger partial charge in [-0.25, -0.2) is 10.2 Å². The number of ether oxygens (including phenoxy) is 1. The van der Waals surface area contributed by atoms with Crippen LogP contribution in [0.4, 0.5) is 0 Å². The highest BCUT2D eigenvalue weighted by molar-refractivity contribution is 5.95. The van der Waals surface area contributed by atoms with Crippen LogP contribution in [0.3, 0.4) is 0 Å². The second-order valence-corrected chi connectivity index (χ2v) is 8.11. The van der Waals surface area contributed by atoms with Crippen LogP contribution in [-0.2, 0) is 6.54 Å². The van der Waals surface area contributed by atoms with E-state index in [1.54, 1.807) is 54.7 Å². The molecule has 1 N–H and O–H groups in total. The van der Waals surface area contributed by atoms with E-state index in [0.29, 0.717) is 29.2 Å². The van der Waals surface area contributed by atoms with E-state index in [0.717, 1.165) is 16.7 Å². The van der Waals surface area contributed by atoms with Crippen molar-refractivity contribution in [2.24, 2.45) is 5.10 Å². The highest BCUT2D eigenvalue weighted by Crippen LogP contribution is 2.14. The molecule has 0 saturated carbocycles. The topological polar surface area (TPSA) is 124 Å². The first kappa shape index (κ1) is 24.2. The van der Waals surface area contributed by atoms with Crippen LogP contribution in [0, 0.1) is 0 Å². The summed E-state index contributed by atoms with van der Waals surface area (Å²) in [5, 5.41) is 16.6. The maximum Gasteiger partial charge on any atom is 0.345 e. The van der Waals surface area contributed by atoms with Crippen molar-refractivity contribution in [3.05, 3.63) is 126 Å². The number of carbonyl (C=O) groups is 2. The molecule has 2 aromatic heterocycles. The van der Waals surface area contributed by atoms with Gasteiger partial charge in [-0.15, -0.1) is 10.2 Å². The Morgan fingerprint density at radius 1 is 0.895 bits per heavy atom. The van der Waals surface area contributed by atoms with Crippen molar-refractivity contribution >= 4 is 18.1 Å². The number of rotatable bonds is 8. The normalized spacial score (nSPS) is 10.8. The zero-order chi connectivity index (χ0) is 26.2. The number of aromatic nitrogens is 5. The summed E-state index contributed by atoms with van der Waals surface area (Å²) in [4.78, 5) is 30.0. The SMILES string of the molecule is O=C(NN=Cc1ccc(OC(=O)c2cccnc2)cc1)c1ccc(Cn2nnc(-c3ccccc3)n2)cc1. The molecule has 0 spiro atoms. The second-order valence-electron chi connectivity index (χ2n) is 8.11. The van der Waals surface area contributed by atoms with Crippen molar-refractivity contribution in [1.29, 1.82) is 0 Å². The summed E-state index contributed by atoms with van der Waals surface area (Å²) in [7, 11) is 0. The van der Waals surface area contributed by atoms with E-state index in [9.17, 15) is 9.59 Å². The Hall–Kier alpha value is -5.51. The number of benzene rings is 3. The van der Waals surface area contributed by atoms with E-state index in [1.165, 1.54) is 17.2 Å². The summed E-state index contributed by atoms with van der Waals surface area (Å²) in [6.45, 7) is 0.424. The minimum Gasteiger partial charge on any atom is -0.423 e. The van der Waals surface area contributed by atoms with Gasteiger partial charge >= 0.3 is 5.97 Å². The molecule has 3 aromatic carbocycles. The zero-order valence-electron chi connectivity index (χ0n) is 20.0. The van der Waals surface area contributed by atoms with Crippen LogP contribution in [-0.4, -0.2) is 43.3 Å². The van der Waals surface area contributed by atoms with E-state index >= 15 is 0 Å². The average molecular weight is 504 g/mol. The summed E-state index contributed by atoms with van der Waals surface area (Å²) in [6, 6.07) is 26.7. The molecule has 0 aliphatic carbocycles. The first-order valence-electron chi connectivity index (χ1n) is 11.6. The Kier molecular flexibility index (Phi) is 7.31. The lowest BCUT2D eigenvalue weighted by Gasteiger charge is -2.04. The Morgan fingerprint density at radius 3 is 2.42 bits per heavy atom. The maximum absolute atomic E-state index is 12.4. The molecule has 38 heavy (non-hydrogen) atoms. The standard InChI is InChI=1S/C28H21N7O3/c36-27(32-30-17-20-10-14-25(15-11-20)38-28(37)24-7-4-16-29-18-24)23-12-8-21(9-13-23)19-35-33-26(31-34-35)22-5-2-1-3-6-22/h1-18H,19H2,(H,32,36). The number of nitrogens with zero attached hydrogens (tertiary/aromatic N) is 6. The molecule has 0 bridgehead atoms. The summed E-state index contributed by atoms with van der Waals surface area (Å²) in [6.07, 6.45) is 4.52. The van der Waals surface area contributed by atoms with Crippen LogP contribution in [0.5, 0.6) is 5.75 Å². The molecular weight excluding hydrogens is 482 g/mol. The number of amides is 1. The molecular formula is C28H21N7O3. The number of hydrogen-bond acceptors (Lipinski definition) is 8. The molecule has 1 amide bonds. The molecule has 0 aliphatic heterocycles. The van der Waals surface area contributed by atoms with Gasteiger partial charge in [0.2, 0.25) is 5.82 Å². The van der Waals surface area contributed by atoms with Gasteiger partial charge in [-0.2, -0.15) is 9.90 Å². The summed E-state index contributed by atoms with van der Waals surface area (Å²) in [5.41, 5.74) is 5.86. The third-order valence-corrected chi connectivity index (χ3v) is 5.39. The third kappa shape index (κ3) is 6.18. The van der Waals surface area contributed by atoms with Gasteiger partial charge in [-0.05, 0) is 64.9 Å². The molecule has 5 aromatic rings. The first-order chi connectivity index (χ1) is 18.6. The molecule has 0 atom stereocenters. The third-order valence-electron chi connectivity index (χ3n) is 5.39. The summed E-state index contributed by atoms with van der Waals surface area (Å²) in [5.74, 6) is 0.102. The van der Waals surface area contributed by atoms with Gasteiger partial charge in [0.25, 0.3) is 5.91 Å². The van der Waals surface area contributed by atoms with E-state index in [4.69, 9.17) is 4.74 Å². The van der Waals surface area contributed by atoms with Gasteiger partial charge in [-0.1, -0.05) is 42.5 Å². The molecule has 0 fully saturated rings. The van der Waals surface area contributed by atoms with Gasteiger partial charge in [-0.3, -0.25) is 9.78 Å². The lowest BCUT2D eigenvalue weighted by molar-refractivity contribution is 0.0734. The second kappa shape index (κ2) is 11.5. The van der Waals surface area contributed by atoms with Crippen molar-refractivity contribution in [3.63, 3.8) is 0 Å². The van der Waals surface area contributed by atoms with Gasteiger partial charge < -0.3 is 4.74 Å². The molecule has 10 nitrogen and oxygen atoms in total. The van der Waals surface area contributed by atoms with Crippen LogP contribution in [0.1, 0.15) is 31.8 Å². The fourth-order valence-electron chi connectivity index (χ4n) is 3.44. The Bertz CT molecular complexity index is 1550. The molecule has 0 saturated heterocycles. The Balaban J connectivity index is 1.12. The van der Waals surface area contributed by atoms with Gasteiger partial charge in [0.15, 0.2) is 0 Å². The first-order valence-corrected chi connectivity index (χ1v) is 11.6. The lowest BCUT2D eigenvalue weighted by atomic mass is 10.1. The maximum atomic E-state index is 12.4. The van der Waals surface area contributed by atoms with E-state index < -0.39 is 5.97 Å². The zero-order valence-corrected chi connectivity index (χ0v) is 20.0. The number of nitrogens with one attached hydrogen (secondary N) is 1. The summed E-state index contributed by atoms with van der Waals surface area (Å²) >= 11 is 0.